The largest absolute Gasteiger partial charge is 0.398 e. The third-order valence-corrected chi connectivity index (χ3v) is 5.79. The van der Waals surface area contributed by atoms with E-state index in [1.54, 1.807) is 0 Å². The van der Waals surface area contributed by atoms with Crippen LogP contribution in [0.5, 0.6) is 0 Å². The fourth-order valence-corrected chi connectivity index (χ4v) is 5.27. The standard InChI is InChI=1S/C14H22BrClN2O2S/c1-13(2,3)8-14(4,5)18-21(19,20)11-7-9(16)6-10(17)12(11)15/h6-7,18H,8,17H2,1-5H3. The summed E-state index contributed by atoms with van der Waals surface area (Å²) in [4.78, 5) is 0.0504. The summed E-state index contributed by atoms with van der Waals surface area (Å²) in [5.41, 5.74) is 5.46. The molecule has 21 heavy (non-hydrogen) atoms. The molecule has 0 radical (unpaired) electrons. The van der Waals surface area contributed by atoms with Crippen molar-refractivity contribution in [3.8, 4) is 0 Å². The molecule has 1 rings (SSSR count). The second kappa shape index (κ2) is 6.07. The molecular weight excluding hydrogens is 376 g/mol. The summed E-state index contributed by atoms with van der Waals surface area (Å²) in [5, 5.41) is 0.282. The predicted octanol–water partition coefficient (Wildman–Crippen LogP) is 4.18. The van der Waals surface area contributed by atoms with Crippen LogP contribution in [0.2, 0.25) is 5.02 Å². The lowest BCUT2D eigenvalue weighted by molar-refractivity contribution is 0.269. The van der Waals surface area contributed by atoms with Gasteiger partial charge in [-0.1, -0.05) is 32.4 Å². The van der Waals surface area contributed by atoms with Crippen LogP contribution in [0.1, 0.15) is 41.0 Å². The van der Waals surface area contributed by atoms with Crippen molar-refractivity contribution in [2.75, 3.05) is 5.73 Å². The summed E-state index contributed by atoms with van der Waals surface area (Å²) in [6, 6.07) is 2.89. The van der Waals surface area contributed by atoms with E-state index in [9.17, 15) is 8.42 Å². The number of hydrogen-bond acceptors (Lipinski definition) is 3. The molecule has 0 atom stereocenters. The van der Waals surface area contributed by atoms with Crippen LogP contribution in [0, 0.1) is 5.41 Å². The van der Waals surface area contributed by atoms with E-state index in [-0.39, 0.29) is 21.0 Å². The number of nitrogens with one attached hydrogen (secondary N) is 1. The number of nitrogens with two attached hydrogens (primary N) is 1. The highest BCUT2D eigenvalue weighted by Gasteiger charge is 2.31. The van der Waals surface area contributed by atoms with Crippen LogP contribution in [0.15, 0.2) is 21.5 Å². The molecular formula is C14H22BrClN2O2S. The summed E-state index contributed by atoms with van der Waals surface area (Å²) in [6.45, 7) is 9.91. The minimum absolute atomic E-state index is 0.00336. The van der Waals surface area contributed by atoms with Gasteiger partial charge in [-0.3, -0.25) is 0 Å². The van der Waals surface area contributed by atoms with E-state index in [0.29, 0.717) is 10.9 Å². The van der Waals surface area contributed by atoms with Crippen molar-refractivity contribution >= 4 is 43.2 Å². The molecule has 0 amide bonds. The van der Waals surface area contributed by atoms with E-state index >= 15 is 0 Å². The van der Waals surface area contributed by atoms with Crippen molar-refractivity contribution in [1.29, 1.82) is 0 Å². The number of nitrogen functional groups attached to an aromatic ring is 1. The van der Waals surface area contributed by atoms with Gasteiger partial charge in [0.2, 0.25) is 10.0 Å². The SMILES string of the molecule is CC(C)(C)CC(C)(C)NS(=O)(=O)c1cc(Cl)cc(N)c1Br. The first-order chi connectivity index (χ1) is 9.23. The van der Waals surface area contributed by atoms with Crippen molar-refractivity contribution < 1.29 is 8.42 Å². The van der Waals surface area contributed by atoms with Crippen LogP contribution >= 0.6 is 27.5 Å². The summed E-state index contributed by atoms with van der Waals surface area (Å²) in [5.74, 6) is 0. The normalized spacial score (nSPS) is 13.5. The molecule has 0 aliphatic carbocycles. The molecule has 4 nitrogen and oxygen atoms in total. The Hall–Kier alpha value is -0.300. The Morgan fingerprint density at radius 1 is 1.24 bits per heavy atom. The molecule has 0 aliphatic heterocycles. The molecule has 1 aromatic rings. The Kier molecular flexibility index (Phi) is 5.42. The first kappa shape index (κ1) is 18.7. The number of rotatable bonds is 4. The van der Waals surface area contributed by atoms with E-state index in [2.05, 4.69) is 41.4 Å². The maximum atomic E-state index is 12.6. The Labute approximate surface area is 140 Å². The Bertz CT molecular complexity index is 637. The van der Waals surface area contributed by atoms with Crippen LogP contribution in [-0.4, -0.2) is 14.0 Å². The Morgan fingerprint density at radius 2 is 1.76 bits per heavy atom. The highest BCUT2D eigenvalue weighted by atomic mass is 79.9. The maximum Gasteiger partial charge on any atom is 0.242 e. The zero-order valence-electron chi connectivity index (χ0n) is 12.9. The lowest BCUT2D eigenvalue weighted by Gasteiger charge is -2.33. The average molecular weight is 398 g/mol. The third kappa shape index (κ3) is 5.43. The van der Waals surface area contributed by atoms with Crippen LogP contribution in [0.3, 0.4) is 0 Å². The molecule has 0 aromatic heterocycles. The van der Waals surface area contributed by atoms with E-state index in [0.717, 1.165) is 0 Å². The molecule has 0 fully saturated rings. The molecule has 0 bridgehead atoms. The first-order valence-electron chi connectivity index (χ1n) is 6.52. The maximum absolute atomic E-state index is 12.6. The average Bonchev–Trinajstić information content (AvgIpc) is 2.17. The molecule has 1 aromatic carbocycles. The monoisotopic (exact) mass is 396 g/mol. The van der Waals surface area contributed by atoms with Gasteiger partial charge in [-0.25, -0.2) is 13.1 Å². The molecule has 0 saturated heterocycles. The second-order valence-corrected chi connectivity index (χ2v) is 9.91. The second-order valence-electron chi connectivity index (χ2n) is 7.03. The molecule has 3 N–H and O–H groups in total. The molecule has 7 heteroatoms. The van der Waals surface area contributed by atoms with Crippen LogP contribution in [-0.2, 0) is 10.0 Å². The molecule has 0 aliphatic rings. The Morgan fingerprint density at radius 3 is 2.24 bits per heavy atom. The number of anilines is 1. The van der Waals surface area contributed by atoms with Gasteiger partial charge >= 0.3 is 0 Å². The van der Waals surface area contributed by atoms with Crippen molar-refractivity contribution in [1.82, 2.24) is 4.72 Å². The highest BCUT2D eigenvalue weighted by Crippen LogP contribution is 2.33. The third-order valence-electron chi connectivity index (χ3n) is 2.70. The molecule has 0 spiro atoms. The van der Waals surface area contributed by atoms with Crippen LogP contribution in [0.25, 0.3) is 0 Å². The van der Waals surface area contributed by atoms with Gasteiger partial charge in [0.25, 0.3) is 0 Å². The van der Waals surface area contributed by atoms with Gasteiger partial charge < -0.3 is 5.73 Å². The fraction of sp³-hybridized carbons (Fsp3) is 0.571. The minimum atomic E-state index is -3.73. The summed E-state index contributed by atoms with van der Waals surface area (Å²) >= 11 is 9.13. The van der Waals surface area contributed by atoms with E-state index in [4.69, 9.17) is 17.3 Å². The van der Waals surface area contributed by atoms with Gasteiger partial charge in [-0.05, 0) is 53.7 Å². The van der Waals surface area contributed by atoms with E-state index < -0.39 is 15.6 Å². The van der Waals surface area contributed by atoms with Gasteiger partial charge in [-0.15, -0.1) is 0 Å². The van der Waals surface area contributed by atoms with Gasteiger partial charge in [0, 0.05) is 16.2 Å². The van der Waals surface area contributed by atoms with Crippen molar-refractivity contribution in [3.63, 3.8) is 0 Å². The quantitative estimate of drug-likeness (QED) is 0.749. The van der Waals surface area contributed by atoms with Crippen molar-refractivity contribution in [2.45, 2.75) is 51.5 Å². The van der Waals surface area contributed by atoms with Gasteiger partial charge in [0.05, 0.1) is 9.37 Å². The smallest absolute Gasteiger partial charge is 0.242 e. The number of benzene rings is 1. The molecule has 0 unspecified atom stereocenters. The first-order valence-corrected chi connectivity index (χ1v) is 9.17. The molecule has 0 heterocycles. The van der Waals surface area contributed by atoms with Crippen LogP contribution < -0.4 is 10.5 Å². The van der Waals surface area contributed by atoms with E-state index in [1.165, 1.54) is 12.1 Å². The lowest BCUT2D eigenvalue weighted by Crippen LogP contribution is -2.45. The summed E-state index contributed by atoms with van der Waals surface area (Å²) < 4.78 is 28.3. The minimum Gasteiger partial charge on any atom is -0.398 e. The predicted molar refractivity (Wildman–Crippen MR) is 92.0 cm³/mol. The zero-order valence-corrected chi connectivity index (χ0v) is 16.1. The molecule has 0 saturated carbocycles. The zero-order chi connectivity index (χ0) is 16.6. The number of hydrogen-bond donors (Lipinski definition) is 2. The highest BCUT2D eigenvalue weighted by molar-refractivity contribution is 9.10. The van der Waals surface area contributed by atoms with Gasteiger partial charge in [-0.2, -0.15) is 0 Å². The van der Waals surface area contributed by atoms with Gasteiger partial charge in [0.15, 0.2) is 0 Å². The number of sulfonamides is 1. The van der Waals surface area contributed by atoms with Crippen LogP contribution in [0.4, 0.5) is 5.69 Å². The van der Waals surface area contributed by atoms with E-state index in [1.807, 2.05) is 13.8 Å². The Balaban J connectivity index is 3.19. The lowest BCUT2D eigenvalue weighted by atomic mass is 9.82. The molecule has 120 valence electrons. The topological polar surface area (TPSA) is 72.2 Å². The van der Waals surface area contributed by atoms with Gasteiger partial charge in [0.1, 0.15) is 0 Å². The van der Waals surface area contributed by atoms with Crippen molar-refractivity contribution in [2.24, 2.45) is 5.41 Å². The van der Waals surface area contributed by atoms with Crippen molar-refractivity contribution in [3.05, 3.63) is 21.6 Å². The summed E-state index contributed by atoms with van der Waals surface area (Å²) in [7, 11) is -3.73. The fourth-order valence-electron chi connectivity index (χ4n) is 2.56. The number of halogens is 2. The summed E-state index contributed by atoms with van der Waals surface area (Å²) in [6.07, 6.45) is 0.687.